The fourth-order valence-electron chi connectivity index (χ4n) is 3.78. The molecule has 0 radical (unpaired) electrons. The molecule has 0 aromatic heterocycles. The highest BCUT2D eigenvalue weighted by Crippen LogP contribution is 2.28. The molecule has 160 valence electrons. The van der Waals surface area contributed by atoms with Crippen LogP contribution in [0.5, 0.6) is 0 Å². The van der Waals surface area contributed by atoms with Crippen LogP contribution in [0.15, 0.2) is 24.3 Å². The number of hydrogen-bond donors (Lipinski definition) is 3. The van der Waals surface area contributed by atoms with E-state index in [0.717, 1.165) is 29.2 Å². The van der Waals surface area contributed by atoms with Gasteiger partial charge in [-0.05, 0) is 37.9 Å². The van der Waals surface area contributed by atoms with Crippen molar-refractivity contribution in [2.24, 2.45) is 0 Å². The molecule has 10 heteroatoms. The van der Waals surface area contributed by atoms with Gasteiger partial charge in [-0.1, -0.05) is 12.1 Å². The normalized spacial score (nSPS) is 23.4. The largest absolute Gasteiger partial charge is 0.480 e. The zero-order chi connectivity index (χ0) is 21.8. The van der Waals surface area contributed by atoms with Gasteiger partial charge in [0.05, 0.1) is 24.3 Å². The summed E-state index contributed by atoms with van der Waals surface area (Å²) in [5.41, 5.74) is 0.539. The number of hydrogen-bond acceptors (Lipinski definition) is 7. The smallest absolute Gasteiger partial charge is 0.320 e. The molecule has 0 aliphatic carbocycles. The van der Waals surface area contributed by atoms with Crippen LogP contribution >= 0.6 is 0 Å². The Balaban J connectivity index is 0.000000269. The van der Waals surface area contributed by atoms with E-state index in [1.165, 1.54) is 0 Å². The highest BCUT2D eigenvalue weighted by molar-refractivity contribution is 6.23. The molecule has 0 bridgehead atoms. The molecule has 1 unspecified atom stereocenters. The van der Waals surface area contributed by atoms with Crippen molar-refractivity contribution < 1.29 is 34.2 Å². The molecule has 10 nitrogen and oxygen atoms in total. The average molecular weight is 417 g/mol. The predicted octanol–water partition coefficient (Wildman–Crippen LogP) is -0.384. The number of piperidine rings is 1. The lowest BCUT2D eigenvalue weighted by Crippen LogP contribution is -2.56. The lowest BCUT2D eigenvalue weighted by atomic mass is 10.0. The number of carbonyl (C=O) groups is 5. The number of amides is 4. The summed E-state index contributed by atoms with van der Waals surface area (Å²) >= 11 is 0. The number of likely N-dealkylation sites (tertiary alicyclic amines) is 1. The Labute approximate surface area is 172 Å². The number of imide groups is 2. The Morgan fingerprint density at radius 2 is 1.70 bits per heavy atom. The molecule has 0 saturated carbocycles. The minimum absolute atomic E-state index is 0.0593. The number of rotatable bonds is 4. The van der Waals surface area contributed by atoms with E-state index in [0.29, 0.717) is 0 Å². The van der Waals surface area contributed by atoms with Crippen molar-refractivity contribution in [2.45, 2.75) is 37.8 Å². The first kappa shape index (κ1) is 21.6. The van der Waals surface area contributed by atoms with Gasteiger partial charge in [0.1, 0.15) is 12.1 Å². The van der Waals surface area contributed by atoms with Crippen LogP contribution in [-0.2, 0) is 14.4 Å². The van der Waals surface area contributed by atoms with Crippen LogP contribution in [-0.4, -0.2) is 81.4 Å². The van der Waals surface area contributed by atoms with Gasteiger partial charge in [-0.3, -0.25) is 33.8 Å². The van der Waals surface area contributed by atoms with Crippen LogP contribution in [0.3, 0.4) is 0 Å². The molecule has 1 aromatic carbocycles. The van der Waals surface area contributed by atoms with E-state index in [4.69, 9.17) is 10.2 Å². The van der Waals surface area contributed by atoms with Gasteiger partial charge in [0.25, 0.3) is 17.7 Å². The van der Waals surface area contributed by atoms with E-state index in [9.17, 15) is 24.0 Å². The molecule has 2 atom stereocenters. The van der Waals surface area contributed by atoms with Crippen LogP contribution in [0.4, 0.5) is 0 Å². The standard InChI is InChI=1S/C15H14N2O5.C5H9NO2/c18-8-7-16-12(19)6-5-11(15(16)22)17-13(20)9-3-1-2-4-10(9)14(17)21;7-5(8)4-2-1-3-6-4/h1-4,11,18H,5-8H2;4,6H,1-3H2,(H,7,8)/t11-;/m0./s1. The van der Waals surface area contributed by atoms with Gasteiger partial charge in [0.2, 0.25) is 5.91 Å². The van der Waals surface area contributed by atoms with Crippen molar-refractivity contribution >= 4 is 29.6 Å². The highest BCUT2D eigenvalue weighted by atomic mass is 16.4. The molecule has 4 rings (SSSR count). The Kier molecular flexibility index (Phi) is 6.58. The number of nitrogens with zero attached hydrogens (tertiary/aromatic N) is 2. The fraction of sp³-hybridized carbons (Fsp3) is 0.450. The third-order valence-electron chi connectivity index (χ3n) is 5.30. The molecule has 3 N–H and O–H groups in total. The molecule has 2 fully saturated rings. The van der Waals surface area contributed by atoms with Gasteiger partial charge in [-0.15, -0.1) is 0 Å². The second-order valence-corrected chi connectivity index (χ2v) is 7.17. The second kappa shape index (κ2) is 9.14. The number of carboxylic acid groups (broad SMARTS) is 1. The summed E-state index contributed by atoms with van der Waals surface area (Å²) in [6.45, 7) is 0.376. The average Bonchev–Trinajstić information content (AvgIpc) is 3.35. The van der Waals surface area contributed by atoms with Crippen LogP contribution in [0.1, 0.15) is 46.4 Å². The van der Waals surface area contributed by atoms with E-state index in [2.05, 4.69) is 5.32 Å². The van der Waals surface area contributed by atoms with Crippen molar-refractivity contribution in [2.75, 3.05) is 19.7 Å². The topological polar surface area (TPSA) is 144 Å². The number of benzene rings is 1. The van der Waals surface area contributed by atoms with Crippen molar-refractivity contribution in [3.63, 3.8) is 0 Å². The Hall–Kier alpha value is -3.11. The molecule has 3 aliphatic rings. The number of fused-ring (bicyclic) bond motifs is 1. The number of nitrogens with one attached hydrogen (secondary N) is 1. The number of carboxylic acids is 1. The molecule has 3 aliphatic heterocycles. The molecule has 1 aromatic rings. The van der Waals surface area contributed by atoms with E-state index in [1.807, 2.05) is 0 Å². The SMILES string of the molecule is O=C(O)C1CCCN1.O=C1CC[C@H](N2C(=O)c3ccccc3C2=O)C(=O)N1CCO. The molecular weight excluding hydrogens is 394 g/mol. The number of β-amino-alcohol motifs (C(OH)–C–C–N with tert-alkyl or cyclic N) is 1. The first-order valence-electron chi connectivity index (χ1n) is 9.75. The lowest BCUT2D eigenvalue weighted by Gasteiger charge is -2.34. The third-order valence-corrected chi connectivity index (χ3v) is 5.30. The quantitative estimate of drug-likeness (QED) is 0.562. The Bertz CT molecular complexity index is 844. The van der Waals surface area contributed by atoms with Gasteiger partial charge >= 0.3 is 5.97 Å². The first-order chi connectivity index (χ1) is 14.4. The monoisotopic (exact) mass is 417 g/mol. The van der Waals surface area contributed by atoms with Gasteiger partial charge in [-0.2, -0.15) is 0 Å². The first-order valence-corrected chi connectivity index (χ1v) is 9.75. The van der Waals surface area contributed by atoms with Crippen molar-refractivity contribution in [3.05, 3.63) is 35.4 Å². The van der Waals surface area contributed by atoms with Crippen LogP contribution in [0.2, 0.25) is 0 Å². The summed E-state index contributed by atoms with van der Waals surface area (Å²) in [6.07, 6.45) is 1.96. The minimum atomic E-state index is -0.989. The van der Waals surface area contributed by atoms with Gasteiger partial charge < -0.3 is 15.5 Å². The van der Waals surface area contributed by atoms with E-state index in [-0.39, 0.29) is 43.2 Å². The van der Waals surface area contributed by atoms with Gasteiger partial charge in [0, 0.05) is 6.42 Å². The maximum Gasteiger partial charge on any atom is 0.320 e. The summed E-state index contributed by atoms with van der Waals surface area (Å²) < 4.78 is 0. The van der Waals surface area contributed by atoms with Crippen molar-refractivity contribution in [1.82, 2.24) is 15.1 Å². The maximum absolute atomic E-state index is 12.4. The molecule has 30 heavy (non-hydrogen) atoms. The number of aliphatic hydroxyl groups is 1. The number of carbonyl (C=O) groups excluding carboxylic acids is 4. The third kappa shape index (κ3) is 4.10. The van der Waals surface area contributed by atoms with Crippen LogP contribution in [0.25, 0.3) is 0 Å². The molecule has 4 amide bonds. The predicted molar refractivity (Wildman–Crippen MR) is 102 cm³/mol. The molecular formula is C20H23N3O7. The van der Waals surface area contributed by atoms with Crippen LogP contribution < -0.4 is 5.32 Å². The van der Waals surface area contributed by atoms with Crippen LogP contribution in [0, 0.1) is 0 Å². The summed E-state index contributed by atoms with van der Waals surface area (Å²) in [7, 11) is 0. The van der Waals surface area contributed by atoms with Gasteiger partial charge in [-0.25, -0.2) is 0 Å². The van der Waals surface area contributed by atoms with Gasteiger partial charge in [0.15, 0.2) is 0 Å². The van der Waals surface area contributed by atoms with E-state index in [1.54, 1.807) is 24.3 Å². The zero-order valence-electron chi connectivity index (χ0n) is 16.2. The number of aliphatic carboxylic acids is 1. The summed E-state index contributed by atoms with van der Waals surface area (Å²) in [6, 6.07) is 5.13. The minimum Gasteiger partial charge on any atom is -0.480 e. The summed E-state index contributed by atoms with van der Waals surface area (Å²) in [5.74, 6) is -2.76. The fourth-order valence-corrected chi connectivity index (χ4v) is 3.78. The zero-order valence-corrected chi connectivity index (χ0v) is 16.2. The van der Waals surface area contributed by atoms with Crippen molar-refractivity contribution in [3.8, 4) is 0 Å². The van der Waals surface area contributed by atoms with E-state index < -0.39 is 35.6 Å². The molecule has 3 heterocycles. The van der Waals surface area contributed by atoms with Crippen molar-refractivity contribution in [1.29, 1.82) is 0 Å². The summed E-state index contributed by atoms with van der Waals surface area (Å²) in [5, 5.41) is 20.2. The molecule has 0 spiro atoms. The number of aliphatic hydroxyl groups excluding tert-OH is 1. The molecule has 2 saturated heterocycles. The summed E-state index contributed by atoms with van der Waals surface area (Å²) in [4.78, 5) is 60.9. The Morgan fingerprint density at radius 1 is 1.07 bits per heavy atom. The highest BCUT2D eigenvalue weighted by Gasteiger charge is 2.46. The maximum atomic E-state index is 12.4. The van der Waals surface area contributed by atoms with E-state index >= 15 is 0 Å². The second-order valence-electron chi connectivity index (χ2n) is 7.17. The Morgan fingerprint density at radius 3 is 2.17 bits per heavy atom. The lowest BCUT2D eigenvalue weighted by molar-refractivity contribution is -0.152.